The van der Waals surface area contributed by atoms with E-state index in [0.717, 1.165) is 12.8 Å². The summed E-state index contributed by atoms with van der Waals surface area (Å²) in [4.78, 5) is 23.1. The predicted octanol–water partition coefficient (Wildman–Crippen LogP) is 2.82. The first-order valence-electron chi connectivity index (χ1n) is 7.48. The summed E-state index contributed by atoms with van der Waals surface area (Å²) in [5, 5.41) is 11.8. The van der Waals surface area contributed by atoms with E-state index in [0.29, 0.717) is 5.92 Å². The lowest BCUT2D eigenvalue weighted by molar-refractivity contribution is -0.142. The van der Waals surface area contributed by atoms with E-state index in [1.165, 1.54) is 25.7 Å². The zero-order valence-electron chi connectivity index (χ0n) is 12.3. The summed E-state index contributed by atoms with van der Waals surface area (Å²) >= 11 is 0. The summed E-state index contributed by atoms with van der Waals surface area (Å²) in [6.07, 6.45) is 6.84. The number of carbonyl (C=O) groups is 2. The Bertz CT molecular complexity index is 311. The average Bonchev–Trinajstić information content (AvgIpc) is 2.87. The van der Waals surface area contributed by atoms with Crippen LogP contribution in [0.25, 0.3) is 0 Å². The molecule has 1 saturated carbocycles. The van der Waals surface area contributed by atoms with Gasteiger partial charge in [0, 0.05) is 12.0 Å². The maximum atomic E-state index is 12.2. The van der Waals surface area contributed by atoms with Gasteiger partial charge in [-0.2, -0.15) is 0 Å². The van der Waals surface area contributed by atoms with Gasteiger partial charge in [-0.1, -0.05) is 32.6 Å². The Hall–Kier alpha value is -1.06. The second kappa shape index (κ2) is 7.51. The Kier molecular flexibility index (Phi) is 6.32. The van der Waals surface area contributed by atoms with E-state index in [1.54, 1.807) is 13.8 Å². The molecule has 0 aromatic heterocycles. The van der Waals surface area contributed by atoms with Crippen LogP contribution in [0, 0.1) is 17.8 Å². The maximum absolute atomic E-state index is 12.2. The van der Waals surface area contributed by atoms with Crippen molar-refractivity contribution in [3.05, 3.63) is 0 Å². The van der Waals surface area contributed by atoms with Gasteiger partial charge in [-0.05, 0) is 32.6 Å². The molecule has 4 nitrogen and oxygen atoms in total. The van der Waals surface area contributed by atoms with Crippen molar-refractivity contribution in [2.45, 2.75) is 65.3 Å². The standard InChI is InChI=1S/C15H27NO3/c1-4-13(9-12-7-5-6-8-12)14(17)16-11(3)10(2)15(18)19/h10-13H,4-9H2,1-3H3,(H,16,17)(H,18,19). The number of hydrogen-bond acceptors (Lipinski definition) is 2. The molecule has 1 amide bonds. The number of carboxylic acid groups (broad SMARTS) is 1. The first-order valence-corrected chi connectivity index (χ1v) is 7.48. The molecular formula is C15H27NO3. The molecule has 0 radical (unpaired) electrons. The summed E-state index contributed by atoms with van der Waals surface area (Å²) in [6.45, 7) is 5.43. The van der Waals surface area contributed by atoms with E-state index in [1.807, 2.05) is 6.92 Å². The van der Waals surface area contributed by atoms with Crippen LogP contribution in [-0.2, 0) is 9.59 Å². The molecule has 0 aromatic carbocycles. The summed E-state index contributed by atoms with van der Waals surface area (Å²) in [5.74, 6) is -0.672. The van der Waals surface area contributed by atoms with E-state index in [9.17, 15) is 9.59 Å². The smallest absolute Gasteiger partial charge is 0.308 e. The molecule has 3 atom stereocenters. The Morgan fingerprint density at radius 1 is 1.26 bits per heavy atom. The molecule has 19 heavy (non-hydrogen) atoms. The first-order chi connectivity index (χ1) is 8.95. The fraction of sp³-hybridized carbons (Fsp3) is 0.867. The highest BCUT2D eigenvalue weighted by atomic mass is 16.4. The molecular weight excluding hydrogens is 242 g/mol. The molecule has 0 aromatic rings. The topological polar surface area (TPSA) is 66.4 Å². The Labute approximate surface area is 116 Å². The number of rotatable bonds is 7. The molecule has 1 fully saturated rings. The third-order valence-corrected chi connectivity index (χ3v) is 4.47. The minimum atomic E-state index is -0.864. The van der Waals surface area contributed by atoms with Crippen LogP contribution >= 0.6 is 0 Å². The number of nitrogens with one attached hydrogen (secondary N) is 1. The second-order valence-electron chi connectivity index (χ2n) is 5.92. The molecule has 0 aliphatic heterocycles. The summed E-state index contributed by atoms with van der Waals surface area (Å²) in [6, 6.07) is -0.317. The van der Waals surface area contributed by atoms with Gasteiger partial charge in [0.15, 0.2) is 0 Å². The molecule has 0 heterocycles. The Morgan fingerprint density at radius 2 is 1.84 bits per heavy atom. The highest BCUT2D eigenvalue weighted by Crippen LogP contribution is 2.31. The van der Waals surface area contributed by atoms with Gasteiger partial charge in [0.05, 0.1) is 5.92 Å². The highest BCUT2D eigenvalue weighted by Gasteiger charge is 2.27. The first kappa shape index (κ1) is 16.0. The van der Waals surface area contributed by atoms with E-state index in [4.69, 9.17) is 5.11 Å². The normalized spacial score (nSPS) is 20.8. The van der Waals surface area contributed by atoms with E-state index < -0.39 is 11.9 Å². The summed E-state index contributed by atoms with van der Waals surface area (Å²) in [5.41, 5.74) is 0. The maximum Gasteiger partial charge on any atom is 0.308 e. The molecule has 4 heteroatoms. The van der Waals surface area contributed by atoms with Crippen LogP contribution in [0.15, 0.2) is 0 Å². The van der Waals surface area contributed by atoms with Gasteiger partial charge in [0.1, 0.15) is 0 Å². The molecule has 1 aliphatic rings. The molecule has 1 rings (SSSR count). The number of aliphatic carboxylic acids is 1. The van der Waals surface area contributed by atoms with Crippen LogP contribution in [0.3, 0.4) is 0 Å². The average molecular weight is 269 g/mol. The van der Waals surface area contributed by atoms with Crippen molar-refractivity contribution in [1.82, 2.24) is 5.32 Å². The van der Waals surface area contributed by atoms with Gasteiger partial charge in [-0.25, -0.2) is 0 Å². The summed E-state index contributed by atoms with van der Waals surface area (Å²) in [7, 11) is 0. The third kappa shape index (κ3) is 4.84. The van der Waals surface area contributed by atoms with Gasteiger partial charge in [0.2, 0.25) is 5.91 Å². The van der Waals surface area contributed by atoms with Crippen LogP contribution < -0.4 is 5.32 Å². The molecule has 0 saturated heterocycles. The number of amides is 1. The SMILES string of the molecule is CCC(CC1CCCC1)C(=O)NC(C)C(C)C(=O)O. The van der Waals surface area contributed by atoms with E-state index in [-0.39, 0.29) is 17.9 Å². The zero-order chi connectivity index (χ0) is 14.4. The minimum Gasteiger partial charge on any atom is -0.481 e. The lowest BCUT2D eigenvalue weighted by Gasteiger charge is -2.23. The predicted molar refractivity (Wildman–Crippen MR) is 74.8 cm³/mol. The van der Waals surface area contributed by atoms with Crippen LogP contribution in [0.2, 0.25) is 0 Å². The Balaban J connectivity index is 2.46. The molecule has 1 aliphatic carbocycles. The van der Waals surface area contributed by atoms with Crippen molar-refractivity contribution in [3.63, 3.8) is 0 Å². The molecule has 2 N–H and O–H groups in total. The molecule has 3 unspecified atom stereocenters. The van der Waals surface area contributed by atoms with Crippen LogP contribution in [-0.4, -0.2) is 23.0 Å². The third-order valence-electron chi connectivity index (χ3n) is 4.47. The van der Waals surface area contributed by atoms with Crippen molar-refractivity contribution >= 4 is 11.9 Å². The fourth-order valence-electron chi connectivity index (χ4n) is 2.79. The second-order valence-corrected chi connectivity index (χ2v) is 5.92. The van der Waals surface area contributed by atoms with Crippen molar-refractivity contribution in [1.29, 1.82) is 0 Å². The Morgan fingerprint density at radius 3 is 2.32 bits per heavy atom. The van der Waals surface area contributed by atoms with Crippen LogP contribution in [0.5, 0.6) is 0 Å². The van der Waals surface area contributed by atoms with Gasteiger partial charge >= 0.3 is 5.97 Å². The number of hydrogen-bond donors (Lipinski definition) is 2. The van der Waals surface area contributed by atoms with Crippen LogP contribution in [0.4, 0.5) is 0 Å². The zero-order valence-corrected chi connectivity index (χ0v) is 12.3. The lowest BCUT2D eigenvalue weighted by atomic mass is 9.90. The number of carboxylic acids is 1. The van der Waals surface area contributed by atoms with Gasteiger partial charge < -0.3 is 10.4 Å². The largest absolute Gasteiger partial charge is 0.481 e. The summed E-state index contributed by atoms with van der Waals surface area (Å²) < 4.78 is 0. The van der Waals surface area contributed by atoms with Gasteiger partial charge in [-0.3, -0.25) is 9.59 Å². The van der Waals surface area contributed by atoms with Crippen molar-refractivity contribution in [2.24, 2.45) is 17.8 Å². The molecule has 110 valence electrons. The lowest BCUT2D eigenvalue weighted by Crippen LogP contribution is -2.43. The van der Waals surface area contributed by atoms with Crippen molar-refractivity contribution in [2.75, 3.05) is 0 Å². The van der Waals surface area contributed by atoms with E-state index >= 15 is 0 Å². The number of carbonyl (C=O) groups excluding carboxylic acids is 1. The van der Waals surface area contributed by atoms with Gasteiger partial charge in [0.25, 0.3) is 0 Å². The highest BCUT2D eigenvalue weighted by molar-refractivity contribution is 5.80. The van der Waals surface area contributed by atoms with Crippen molar-refractivity contribution < 1.29 is 14.7 Å². The molecule has 0 bridgehead atoms. The minimum absolute atomic E-state index is 0.0231. The fourth-order valence-corrected chi connectivity index (χ4v) is 2.79. The quantitative estimate of drug-likeness (QED) is 0.747. The van der Waals surface area contributed by atoms with Gasteiger partial charge in [-0.15, -0.1) is 0 Å². The molecule has 0 spiro atoms. The van der Waals surface area contributed by atoms with Crippen LogP contribution in [0.1, 0.15) is 59.3 Å². The van der Waals surface area contributed by atoms with Crippen molar-refractivity contribution in [3.8, 4) is 0 Å². The van der Waals surface area contributed by atoms with E-state index in [2.05, 4.69) is 5.32 Å². The monoisotopic (exact) mass is 269 g/mol.